The van der Waals surface area contributed by atoms with E-state index < -0.39 is 5.97 Å². The predicted octanol–water partition coefficient (Wildman–Crippen LogP) is 3.61. The number of rotatable bonds is 6. The number of carbonyl (C=O) groups excluding carboxylic acids is 2. The minimum Gasteiger partial charge on any atom is -0.455 e. The third kappa shape index (κ3) is 4.99. The molecule has 1 aliphatic heterocycles. The fourth-order valence-corrected chi connectivity index (χ4v) is 4.06. The molecule has 0 spiro atoms. The molecule has 3 heterocycles. The van der Waals surface area contributed by atoms with Gasteiger partial charge in [-0.25, -0.2) is 4.98 Å². The van der Waals surface area contributed by atoms with E-state index in [1.165, 1.54) is 22.5 Å². The predicted molar refractivity (Wildman–Crippen MR) is 116 cm³/mol. The maximum absolute atomic E-state index is 12.4. The average molecular weight is 420 g/mol. The van der Waals surface area contributed by atoms with Crippen molar-refractivity contribution in [2.45, 2.75) is 12.8 Å². The first kappa shape index (κ1) is 20.0. The number of hydrogen-bond acceptors (Lipinski definition) is 6. The summed E-state index contributed by atoms with van der Waals surface area (Å²) in [5.41, 5.74) is 3.96. The summed E-state index contributed by atoms with van der Waals surface area (Å²) in [5, 5.41) is 2.63. The molecule has 1 aromatic carbocycles. The minimum atomic E-state index is -0.455. The number of amides is 1. The van der Waals surface area contributed by atoms with Gasteiger partial charge in [0.25, 0.3) is 5.91 Å². The van der Waals surface area contributed by atoms with Gasteiger partial charge in [0.05, 0.1) is 12.1 Å². The van der Waals surface area contributed by atoms with Crippen LogP contribution < -0.4 is 0 Å². The molecule has 0 radical (unpaired) electrons. The Morgan fingerprint density at radius 1 is 1.10 bits per heavy atom. The van der Waals surface area contributed by atoms with Crippen LogP contribution in [0.2, 0.25) is 0 Å². The van der Waals surface area contributed by atoms with Crippen molar-refractivity contribution in [2.75, 3.05) is 19.7 Å². The molecule has 0 fully saturated rings. The molecule has 0 saturated heterocycles. The standard InChI is InChI=1S/C23H21N3O3S/c27-21(26-11-8-18(9-12-26)17-5-2-1-3-6-17)15-29-22(28)13-20-16-30-23(25-20)19-7-4-10-24-14-19/h1-8,10,14,16H,9,11-13,15H2. The topological polar surface area (TPSA) is 72.4 Å². The molecular weight excluding hydrogens is 398 g/mol. The molecule has 4 rings (SSSR count). The summed E-state index contributed by atoms with van der Waals surface area (Å²) in [7, 11) is 0. The second-order valence-electron chi connectivity index (χ2n) is 6.91. The van der Waals surface area contributed by atoms with Gasteiger partial charge >= 0.3 is 5.97 Å². The molecule has 0 unspecified atom stereocenters. The van der Waals surface area contributed by atoms with Crippen LogP contribution in [0.15, 0.2) is 66.3 Å². The molecule has 152 valence electrons. The Morgan fingerprint density at radius 3 is 2.67 bits per heavy atom. The van der Waals surface area contributed by atoms with Crippen molar-refractivity contribution in [3.8, 4) is 10.6 Å². The van der Waals surface area contributed by atoms with Gasteiger partial charge in [-0.3, -0.25) is 14.6 Å². The number of thiazole rings is 1. The number of benzene rings is 1. The van der Waals surface area contributed by atoms with E-state index in [0.29, 0.717) is 18.8 Å². The molecule has 30 heavy (non-hydrogen) atoms. The summed E-state index contributed by atoms with van der Waals surface area (Å²) in [5.74, 6) is -0.634. The Bertz CT molecular complexity index is 1050. The van der Waals surface area contributed by atoms with E-state index in [2.05, 4.69) is 28.2 Å². The van der Waals surface area contributed by atoms with Gasteiger partial charge in [0, 0.05) is 36.4 Å². The lowest BCUT2D eigenvalue weighted by molar-refractivity contribution is -0.151. The molecule has 7 heteroatoms. The molecule has 6 nitrogen and oxygen atoms in total. The van der Waals surface area contributed by atoms with Crippen molar-refractivity contribution < 1.29 is 14.3 Å². The van der Waals surface area contributed by atoms with Crippen LogP contribution >= 0.6 is 11.3 Å². The number of pyridine rings is 1. The van der Waals surface area contributed by atoms with Crippen LogP contribution in [0.25, 0.3) is 16.1 Å². The fraction of sp³-hybridized carbons (Fsp3) is 0.217. The summed E-state index contributed by atoms with van der Waals surface area (Å²) in [6, 6.07) is 13.9. The summed E-state index contributed by atoms with van der Waals surface area (Å²) in [6.07, 6.45) is 6.33. The second kappa shape index (κ2) is 9.45. The number of hydrogen-bond donors (Lipinski definition) is 0. The largest absolute Gasteiger partial charge is 0.455 e. The monoisotopic (exact) mass is 419 g/mol. The van der Waals surface area contributed by atoms with Crippen LogP contribution in [0.4, 0.5) is 0 Å². The number of ether oxygens (including phenoxy) is 1. The van der Waals surface area contributed by atoms with Gasteiger partial charge in [-0.1, -0.05) is 36.4 Å². The minimum absolute atomic E-state index is 0.0438. The van der Waals surface area contributed by atoms with E-state index >= 15 is 0 Å². The first-order chi connectivity index (χ1) is 14.7. The molecule has 0 bridgehead atoms. The lowest BCUT2D eigenvalue weighted by Gasteiger charge is -2.26. The van der Waals surface area contributed by atoms with E-state index in [9.17, 15) is 9.59 Å². The number of carbonyl (C=O) groups is 2. The highest BCUT2D eigenvalue weighted by atomic mass is 32.1. The average Bonchev–Trinajstić information content (AvgIpc) is 3.27. The zero-order chi connectivity index (χ0) is 20.8. The van der Waals surface area contributed by atoms with E-state index in [-0.39, 0.29) is 18.9 Å². The lowest BCUT2D eigenvalue weighted by Crippen LogP contribution is -2.37. The Kier molecular flexibility index (Phi) is 6.29. The van der Waals surface area contributed by atoms with Crippen LogP contribution in [0.5, 0.6) is 0 Å². The summed E-state index contributed by atoms with van der Waals surface area (Å²) < 4.78 is 5.19. The summed E-state index contributed by atoms with van der Waals surface area (Å²) >= 11 is 1.45. The van der Waals surface area contributed by atoms with Crippen molar-refractivity contribution in [3.63, 3.8) is 0 Å². The molecule has 0 atom stereocenters. The highest BCUT2D eigenvalue weighted by Gasteiger charge is 2.19. The van der Waals surface area contributed by atoms with E-state index in [0.717, 1.165) is 17.0 Å². The molecular formula is C23H21N3O3S. The number of nitrogens with zero attached hydrogens (tertiary/aromatic N) is 3. The Balaban J connectivity index is 1.25. The summed E-state index contributed by atoms with van der Waals surface area (Å²) in [4.78, 5) is 34.8. The van der Waals surface area contributed by atoms with Gasteiger partial charge in [0.2, 0.25) is 0 Å². The highest BCUT2D eigenvalue weighted by molar-refractivity contribution is 7.13. The first-order valence-electron chi connectivity index (χ1n) is 9.72. The SMILES string of the molecule is O=C(Cc1csc(-c2cccnc2)n1)OCC(=O)N1CC=C(c2ccccc2)CC1. The lowest BCUT2D eigenvalue weighted by atomic mass is 10.00. The molecule has 2 aromatic heterocycles. The van der Waals surface area contributed by atoms with Crippen LogP contribution in [0.1, 0.15) is 17.7 Å². The Morgan fingerprint density at radius 2 is 1.93 bits per heavy atom. The Labute approximate surface area is 178 Å². The molecule has 0 N–H and O–H groups in total. The van der Waals surface area contributed by atoms with E-state index in [1.807, 2.05) is 35.7 Å². The van der Waals surface area contributed by atoms with E-state index in [1.54, 1.807) is 17.3 Å². The van der Waals surface area contributed by atoms with Gasteiger partial charge in [-0.2, -0.15) is 0 Å². The van der Waals surface area contributed by atoms with Crippen molar-refractivity contribution in [1.82, 2.24) is 14.9 Å². The van der Waals surface area contributed by atoms with E-state index in [4.69, 9.17) is 4.74 Å². The molecule has 0 aliphatic carbocycles. The van der Waals surface area contributed by atoms with Crippen molar-refractivity contribution >= 4 is 28.8 Å². The zero-order valence-corrected chi connectivity index (χ0v) is 17.2. The van der Waals surface area contributed by atoms with Crippen LogP contribution in [0, 0.1) is 0 Å². The van der Waals surface area contributed by atoms with Crippen LogP contribution in [0.3, 0.4) is 0 Å². The second-order valence-corrected chi connectivity index (χ2v) is 7.77. The highest BCUT2D eigenvalue weighted by Crippen LogP contribution is 2.23. The van der Waals surface area contributed by atoms with Gasteiger partial charge in [0.1, 0.15) is 5.01 Å². The molecule has 1 amide bonds. The van der Waals surface area contributed by atoms with Gasteiger partial charge in [-0.05, 0) is 29.7 Å². The maximum Gasteiger partial charge on any atom is 0.312 e. The molecule has 1 aliphatic rings. The number of esters is 1. The normalized spacial score (nSPS) is 13.6. The summed E-state index contributed by atoms with van der Waals surface area (Å²) in [6.45, 7) is 0.909. The van der Waals surface area contributed by atoms with Crippen LogP contribution in [-0.4, -0.2) is 46.4 Å². The first-order valence-corrected chi connectivity index (χ1v) is 10.6. The van der Waals surface area contributed by atoms with Gasteiger partial charge in [-0.15, -0.1) is 11.3 Å². The van der Waals surface area contributed by atoms with Crippen molar-refractivity contribution in [2.24, 2.45) is 0 Å². The quantitative estimate of drug-likeness (QED) is 0.571. The Hall–Kier alpha value is -3.32. The smallest absolute Gasteiger partial charge is 0.312 e. The van der Waals surface area contributed by atoms with Crippen LogP contribution in [-0.2, 0) is 20.7 Å². The molecule has 0 saturated carbocycles. The van der Waals surface area contributed by atoms with Crippen molar-refractivity contribution in [1.29, 1.82) is 0 Å². The fourth-order valence-electron chi connectivity index (χ4n) is 3.25. The van der Waals surface area contributed by atoms with Crippen molar-refractivity contribution in [3.05, 3.63) is 77.6 Å². The molecule has 3 aromatic rings. The van der Waals surface area contributed by atoms with Gasteiger partial charge in [0.15, 0.2) is 6.61 Å². The number of aromatic nitrogens is 2. The van der Waals surface area contributed by atoms with Gasteiger partial charge < -0.3 is 9.64 Å². The third-order valence-electron chi connectivity index (χ3n) is 4.85. The third-order valence-corrected chi connectivity index (χ3v) is 5.79. The zero-order valence-electron chi connectivity index (χ0n) is 16.4. The maximum atomic E-state index is 12.4.